The van der Waals surface area contributed by atoms with Crippen LogP contribution < -0.4 is 5.32 Å². The van der Waals surface area contributed by atoms with Crippen molar-refractivity contribution in [2.75, 3.05) is 6.54 Å². The molecule has 0 saturated carbocycles. The Morgan fingerprint density at radius 2 is 2.00 bits per heavy atom. The molecule has 3 rings (SSSR count). The predicted octanol–water partition coefficient (Wildman–Crippen LogP) is 2.92. The number of urea groups is 1. The fourth-order valence-corrected chi connectivity index (χ4v) is 3.75. The number of imide groups is 1. The van der Waals surface area contributed by atoms with Gasteiger partial charge in [-0.25, -0.2) is 4.79 Å². The van der Waals surface area contributed by atoms with Crippen LogP contribution in [0, 0.1) is 20.8 Å². The van der Waals surface area contributed by atoms with Crippen molar-refractivity contribution in [1.82, 2.24) is 10.2 Å². The molecule has 1 aliphatic heterocycles. The van der Waals surface area contributed by atoms with Gasteiger partial charge in [0.25, 0.3) is 5.91 Å². The predicted molar refractivity (Wildman–Crippen MR) is 89.2 cm³/mol. The number of hydrogen-bond donors (Lipinski definition) is 1. The lowest BCUT2D eigenvalue weighted by atomic mass is 9.92. The van der Waals surface area contributed by atoms with Crippen molar-refractivity contribution >= 4 is 29.1 Å². The first-order valence-corrected chi connectivity index (χ1v) is 8.35. The third-order valence-electron chi connectivity index (χ3n) is 4.17. The van der Waals surface area contributed by atoms with Crippen molar-refractivity contribution in [3.8, 4) is 0 Å². The Labute approximate surface area is 143 Å². The van der Waals surface area contributed by atoms with Gasteiger partial charge < -0.3 is 9.73 Å². The van der Waals surface area contributed by atoms with Crippen molar-refractivity contribution in [1.29, 1.82) is 0 Å². The van der Waals surface area contributed by atoms with Crippen LogP contribution >= 0.6 is 11.3 Å². The number of Topliss-reactive ketones (excluding diaryl/α,β-unsaturated/α-hetero) is 1. The lowest BCUT2D eigenvalue weighted by molar-refractivity contribution is -0.130. The lowest BCUT2D eigenvalue weighted by Crippen LogP contribution is -2.41. The maximum atomic E-state index is 12.8. The highest BCUT2D eigenvalue weighted by Crippen LogP contribution is 2.33. The van der Waals surface area contributed by atoms with E-state index >= 15 is 0 Å². The lowest BCUT2D eigenvalue weighted by Gasteiger charge is -2.20. The summed E-state index contributed by atoms with van der Waals surface area (Å²) in [6.45, 7) is 6.79. The smallest absolute Gasteiger partial charge is 0.325 e. The van der Waals surface area contributed by atoms with Gasteiger partial charge in [-0.15, -0.1) is 11.3 Å². The number of hydrogen-bond acceptors (Lipinski definition) is 5. The molecule has 3 heterocycles. The number of nitrogens with zero attached hydrogens (tertiary/aromatic N) is 1. The van der Waals surface area contributed by atoms with Crippen molar-refractivity contribution in [3.63, 3.8) is 0 Å². The molecule has 0 aliphatic carbocycles. The zero-order valence-corrected chi connectivity index (χ0v) is 14.7. The van der Waals surface area contributed by atoms with Crippen LogP contribution in [0.2, 0.25) is 0 Å². The molecule has 0 bridgehead atoms. The van der Waals surface area contributed by atoms with Gasteiger partial charge in [0.2, 0.25) is 0 Å². The summed E-state index contributed by atoms with van der Waals surface area (Å²) in [5.41, 5.74) is -0.606. The van der Waals surface area contributed by atoms with E-state index in [0.717, 1.165) is 9.78 Å². The number of furan rings is 1. The van der Waals surface area contributed by atoms with Crippen molar-refractivity contribution in [2.24, 2.45) is 0 Å². The zero-order valence-electron chi connectivity index (χ0n) is 13.9. The van der Waals surface area contributed by atoms with Crippen molar-refractivity contribution in [3.05, 3.63) is 45.0 Å². The molecule has 2 aromatic heterocycles. The van der Waals surface area contributed by atoms with E-state index in [-0.39, 0.29) is 12.3 Å². The molecule has 0 radical (unpaired) electrons. The topological polar surface area (TPSA) is 79.6 Å². The minimum atomic E-state index is -1.22. The molecule has 3 amide bonds. The van der Waals surface area contributed by atoms with Gasteiger partial charge in [-0.05, 0) is 45.9 Å². The van der Waals surface area contributed by atoms with E-state index in [2.05, 4.69) is 5.32 Å². The number of carbonyl (C=O) groups is 3. The van der Waals surface area contributed by atoms with Gasteiger partial charge in [0.05, 0.1) is 11.4 Å². The molecule has 1 aliphatic rings. The van der Waals surface area contributed by atoms with E-state index in [1.807, 2.05) is 13.0 Å². The Balaban J connectivity index is 1.86. The molecule has 2 aromatic rings. The number of amides is 3. The van der Waals surface area contributed by atoms with E-state index < -0.39 is 17.5 Å². The Morgan fingerprint density at radius 3 is 2.54 bits per heavy atom. The molecule has 0 aromatic carbocycles. The summed E-state index contributed by atoms with van der Waals surface area (Å²) in [4.78, 5) is 40.0. The molecular formula is C17H18N2O4S. The van der Waals surface area contributed by atoms with Crippen LogP contribution in [0.4, 0.5) is 4.79 Å². The molecular weight excluding hydrogens is 328 g/mol. The molecule has 0 spiro atoms. The Hall–Kier alpha value is -2.41. The first-order chi connectivity index (χ1) is 11.2. The highest BCUT2D eigenvalue weighted by molar-refractivity contribution is 7.14. The van der Waals surface area contributed by atoms with Crippen LogP contribution in [0.1, 0.15) is 38.6 Å². The number of nitrogens with one attached hydrogen (secondary N) is 1. The van der Waals surface area contributed by atoms with Gasteiger partial charge in [0.15, 0.2) is 5.78 Å². The summed E-state index contributed by atoms with van der Waals surface area (Å²) < 4.78 is 5.48. The van der Waals surface area contributed by atoms with Crippen LogP contribution in [-0.2, 0) is 10.3 Å². The van der Waals surface area contributed by atoms with E-state index in [9.17, 15) is 14.4 Å². The second-order valence-corrected chi connectivity index (χ2v) is 7.39. The third-order valence-corrected chi connectivity index (χ3v) is 5.21. The van der Waals surface area contributed by atoms with E-state index in [0.29, 0.717) is 22.0 Å². The summed E-state index contributed by atoms with van der Waals surface area (Å²) in [6.07, 6.45) is 0. The molecule has 0 unspecified atom stereocenters. The van der Waals surface area contributed by atoms with E-state index in [1.165, 1.54) is 11.3 Å². The third kappa shape index (κ3) is 2.54. The molecule has 1 atom stereocenters. The quantitative estimate of drug-likeness (QED) is 0.682. The van der Waals surface area contributed by atoms with Crippen molar-refractivity contribution < 1.29 is 18.8 Å². The number of aryl methyl sites for hydroxylation is 3. The SMILES string of the molecule is Cc1cc([C@]2(C)NC(=O)N(CC(=O)c3ccc(C)s3)C2=O)c(C)o1. The first-order valence-electron chi connectivity index (χ1n) is 7.53. The fourth-order valence-electron chi connectivity index (χ4n) is 2.96. The van der Waals surface area contributed by atoms with Gasteiger partial charge in [0, 0.05) is 10.4 Å². The molecule has 1 N–H and O–H groups in total. The van der Waals surface area contributed by atoms with Crippen LogP contribution in [0.5, 0.6) is 0 Å². The van der Waals surface area contributed by atoms with Gasteiger partial charge in [-0.1, -0.05) is 0 Å². The van der Waals surface area contributed by atoms with Gasteiger partial charge in [-0.3, -0.25) is 14.5 Å². The maximum absolute atomic E-state index is 12.8. The molecule has 126 valence electrons. The van der Waals surface area contributed by atoms with E-state index in [1.54, 1.807) is 32.9 Å². The Bertz CT molecular complexity index is 851. The molecule has 1 fully saturated rings. The van der Waals surface area contributed by atoms with Crippen LogP contribution in [0.25, 0.3) is 0 Å². The molecule has 1 saturated heterocycles. The first kappa shape index (κ1) is 16.4. The normalized spacial score (nSPS) is 20.6. The maximum Gasteiger partial charge on any atom is 0.325 e. The fraction of sp³-hybridized carbons (Fsp3) is 0.353. The number of thiophene rings is 1. The summed E-state index contributed by atoms with van der Waals surface area (Å²) >= 11 is 1.35. The number of ketones is 1. The van der Waals surface area contributed by atoms with E-state index in [4.69, 9.17) is 4.42 Å². The average molecular weight is 346 g/mol. The summed E-state index contributed by atoms with van der Waals surface area (Å²) in [5, 5.41) is 2.69. The minimum absolute atomic E-state index is 0.249. The molecule has 24 heavy (non-hydrogen) atoms. The van der Waals surface area contributed by atoms with Gasteiger partial charge in [0.1, 0.15) is 17.1 Å². The van der Waals surface area contributed by atoms with Crippen LogP contribution in [0.3, 0.4) is 0 Å². The number of carbonyl (C=O) groups excluding carboxylic acids is 3. The summed E-state index contributed by atoms with van der Waals surface area (Å²) in [5.74, 6) is 0.541. The van der Waals surface area contributed by atoms with Gasteiger partial charge in [-0.2, -0.15) is 0 Å². The minimum Gasteiger partial charge on any atom is -0.466 e. The number of rotatable bonds is 4. The molecule has 6 nitrogen and oxygen atoms in total. The second-order valence-electron chi connectivity index (χ2n) is 6.11. The second kappa shape index (κ2) is 5.59. The highest BCUT2D eigenvalue weighted by atomic mass is 32.1. The van der Waals surface area contributed by atoms with Crippen LogP contribution in [0.15, 0.2) is 22.6 Å². The van der Waals surface area contributed by atoms with Crippen LogP contribution in [-0.4, -0.2) is 29.2 Å². The summed E-state index contributed by atoms with van der Waals surface area (Å²) in [6, 6.07) is 4.72. The zero-order chi connectivity index (χ0) is 17.6. The standard InChI is InChI=1S/C17H18N2O4S/c1-9-7-12(11(3)23-9)17(4)15(21)19(16(22)18-17)8-13(20)14-6-5-10(2)24-14/h5-7H,8H2,1-4H3,(H,18,22)/t17-/m0/s1. The monoisotopic (exact) mass is 346 g/mol. The average Bonchev–Trinajstić information content (AvgIpc) is 3.13. The van der Waals surface area contributed by atoms with Crippen molar-refractivity contribution in [2.45, 2.75) is 33.2 Å². The summed E-state index contributed by atoms with van der Waals surface area (Å²) in [7, 11) is 0. The molecule has 7 heteroatoms. The largest absolute Gasteiger partial charge is 0.466 e. The van der Waals surface area contributed by atoms with Gasteiger partial charge >= 0.3 is 6.03 Å². The Morgan fingerprint density at radius 1 is 1.29 bits per heavy atom. The highest BCUT2D eigenvalue weighted by Gasteiger charge is 2.51. The Kier molecular flexibility index (Phi) is 3.83.